The van der Waals surface area contributed by atoms with Crippen molar-refractivity contribution < 1.29 is 22.7 Å². The van der Waals surface area contributed by atoms with Crippen LogP contribution in [0, 0.1) is 13.8 Å². The summed E-state index contributed by atoms with van der Waals surface area (Å²) in [5.74, 6) is 0.569. The number of sulfonamides is 1. The summed E-state index contributed by atoms with van der Waals surface area (Å²) in [5, 5.41) is 2.82. The van der Waals surface area contributed by atoms with E-state index in [1.165, 1.54) is 27.3 Å². The number of hydrogen-bond donors (Lipinski definition) is 1. The average molecular weight is 499 g/mol. The highest BCUT2D eigenvalue weighted by Crippen LogP contribution is 2.37. The molecule has 0 aliphatic rings. The highest BCUT2D eigenvalue weighted by atomic mass is 79.9. The lowest BCUT2D eigenvalue weighted by Crippen LogP contribution is -2.23. The number of ether oxygens (including phenoxy) is 2. The second-order valence-corrected chi connectivity index (χ2v) is 10.00. The summed E-state index contributed by atoms with van der Waals surface area (Å²) >= 11 is 3.43. The molecule has 1 amide bonds. The van der Waals surface area contributed by atoms with E-state index in [1.807, 2.05) is 13.8 Å². The number of carbonyl (C=O) groups is 1. The molecule has 2 rings (SSSR count). The van der Waals surface area contributed by atoms with Gasteiger partial charge in [-0.1, -0.05) is 6.92 Å². The summed E-state index contributed by atoms with van der Waals surface area (Å²) in [6.45, 7) is 6.15. The molecular weight excluding hydrogens is 472 g/mol. The summed E-state index contributed by atoms with van der Waals surface area (Å²) in [5.41, 5.74) is 2.33. The number of nitrogens with zero attached hydrogens (tertiary/aromatic N) is 1. The fourth-order valence-electron chi connectivity index (χ4n) is 2.71. The number of hydrogen-bond acceptors (Lipinski definition) is 5. The molecule has 0 saturated carbocycles. The molecular formula is C21H27BrN2O5S. The van der Waals surface area contributed by atoms with Crippen molar-refractivity contribution in [2.24, 2.45) is 0 Å². The van der Waals surface area contributed by atoms with Gasteiger partial charge in [0.05, 0.1) is 23.1 Å². The number of methoxy groups -OCH3 is 1. The van der Waals surface area contributed by atoms with E-state index in [0.29, 0.717) is 33.8 Å². The second kappa shape index (κ2) is 9.80. The number of aryl methyl sites for hydroxylation is 1. The Morgan fingerprint density at radius 2 is 1.83 bits per heavy atom. The number of amides is 1. The van der Waals surface area contributed by atoms with Crippen LogP contribution in [0.1, 0.15) is 34.8 Å². The molecule has 0 radical (unpaired) electrons. The Labute approximate surface area is 186 Å². The first kappa shape index (κ1) is 24.2. The quantitative estimate of drug-likeness (QED) is 0.583. The van der Waals surface area contributed by atoms with Crippen molar-refractivity contribution >= 4 is 37.5 Å². The molecule has 0 aromatic heterocycles. The molecule has 0 fully saturated rings. The molecule has 0 unspecified atom stereocenters. The third-order valence-electron chi connectivity index (χ3n) is 4.61. The normalized spacial score (nSPS) is 11.5. The third kappa shape index (κ3) is 5.14. The Balaban J connectivity index is 2.43. The minimum Gasteiger partial charge on any atom is -0.493 e. The second-order valence-electron chi connectivity index (χ2n) is 6.99. The van der Waals surface area contributed by atoms with E-state index in [-0.39, 0.29) is 4.90 Å². The number of nitrogens with one attached hydrogen (secondary N) is 1. The highest BCUT2D eigenvalue weighted by Gasteiger charge is 2.21. The van der Waals surface area contributed by atoms with Gasteiger partial charge in [0, 0.05) is 25.3 Å². The first-order valence-electron chi connectivity index (χ1n) is 9.38. The average Bonchev–Trinajstić information content (AvgIpc) is 2.69. The third-order valence-corrected chi connectivity index (χ3v) is 6.99. The zero-order valence-electron chi connectivity index (χ0n) is 18.0. The summed E-state index contributed by atoms with van der Waals surface area (Å²) in [4.78, 5) is 13.0. The van der Waals surface area contributed by atoms with Crippen molar-refractivity contribution in [3.05, 3.63) is 45.4 Å². The number of benzene rings is 2. The number of halogens is 1. The van der Waals surface area contributed by atoms with E-state index in [1.54, 1.807) is 25.1 Å². The minimum absolute atomic E-state index is 0.118. The molecule has 2 aromatic rings. The van der Waals surface area contributed by atoms with Crippen LogP contribution in [0.3, 0.4) is 0 Å². The Hall–Kier alpha value is -2.10. The van der Waals surface area contributed by atoms with Gasteiger partial charge in [0.15, 0.2) is 11.5 Å². The lowest BCUT2D eigenvalue weighted by molar-refractivity contribution is 0.102. The summed E-state index contributed by atoms with van der Waals surface area (Å²) in [7, 11) is 0.806. The lowest BCUT2D eigenvalue weighted by Gasteiger charge is -2.17. The van der Waals surface area contributed by atoms with Gasteiger partial charge < -0.3 is 14.8 Å². The molecule has 0 aliphatic carbocycles. The van der Waals surface area contributed by atoms with Crippen LogP contribution in [0.4, 0.5) is 5.69 Å². The predicted octanol–water partition coefficient (Wildman–Crippen LogP) is 4.37. The molecule has 30 heavy (non-hydrogen) atoms. The molecule has 0 spiro atoms. The number of anilines is 1. The van der Waals surface area contributed by atoms with Gasteiger partial charge in [-0.25, -0.2) is 12.7 Å². The van der Waals surface area contributed by atoms with Crippen LogP contribution in [-0.2, 0) is 10.0 Å². The molecule has 0 atom stereocenters. The van der Waals surface area contributed by atoms with Crippen molar-refractivity contribution in [1.29, 1.82) is 0 Å². The Morgan fingerprint density at radius 3 is 2.40 bits per heavy atom. The van der Waals surface area contributed by atoms with Crippen LogP contribution in [0.15, 0.2) is 33.6 Å². The van der Waals surface area contributed by atoms with Crippen molar-refractivity contribution in [3.8, 4) is 11.5 Å². The summed E-state index contributed by atoms with van der Waals surface area (Å²) in [6, 6.07) is 6.31. The zero-order chi connectivity index (χ0) is 22.6. The molecule has 2 aromatic carbocycles. The fourth-order valence-corrected chi connectivity index (χ4v) is 4.28. The van der Waals surface area contributed by atoms with Gasteiger partial charge in [0.2, 0.25) is 10.0 Å². The van der Waals surface area contributed by atoms with Gasteiger partial charge in [-0.15, -0.1) is 0 Å². The molecule has 0 heterocycles. The standard InChI is InChI=1S/C21H27BrN2O5S/c1-7-8-29-20-17(22)10-15(11-19(20)28-6)21(25)23-18-12-16(9-13(2)14(18)3)30(26,27)24(4)5/h9-12H,7-8H2,1-6H3,(H,23,25). The lowest BCUT2D eigenvalue weighted by atomic mass is 10.1. The van der Waals surface area contributed by atoms with Crippen LogP contribution in [0.5, 0.6) is 11.5 Å². The highest BCUT2D eigenvalue weighted by molar-refractivity contribution is 9.10. The van der Waals surface area contributed by atoms with E-state index in [0.717, 1.165) is 21.9 Å². The van der Waals surface area contributed by atoms with E-state index in [9.17, 15) is 13.2 Å². The first-order valence-corrected chi connectivity index (χ1v) is 11.6. The Morgan fingerprint density at radius 1 is 1.17 bits per heavy atom. The molecule has 0 saturated heterocycles. The largest absolute Gasteiger partial charge is 0.493 e. The Bertz CT molecular complexity index is 1050. The predicted molar refractivity (Wildman–Crippen MR) is 121 cm³/mol. The molecule has 164 valence electrons. The van der Waals surface area contributed by atoms with Crippen molar-refractivity contribution in [2.45, 2.75) is 32.1 Å². The van der Waals surface area contributed by atoms with Gasteiger partial charge in [0.25, 0.3) is 5.91 Å². The SMILES string of the molecule is CCCOc1c(Br)cc(C(=O)Nc2cc(S(=O)(=O)N(C)C)cc(C)c2C)cc1OC. The van der Waals surface area contributed by atoms with E-state index >= 15 is 0 Å². The molecule has 0 bridgehead atoms. The maximum atomic E-state index is 12.9. The van der Waals surface area contributed by atoms with Gasteiger partial charge in [0.1, 0.15) is 0 Å². The van der Waals surface area contributed by atoms with Crippen LogP contribution >= 0.6 is 15.9 Å². The molecule has 1 N–H and O–H groups in total. The van der Waals surface area contributed by atoms with Gasteiger partial charge in [-0.3, -0.25) is 4.79 Å². The van der Waals surface area contributed by atoms with E-state index in [2.05, 4.69) is 21.2 Å². The van der Waals surface area contributed by atoms with Gasteiger partial charge in [-0.2, -0.15) is 0 Å². The van der Waals surface area contributed by atoms with Crippen molar-refractivity contribution in [1.82, 2.24) is 4.31 Å². The Kier molecular flexibility index (Phi) is 7.90. The van der Waals surface area contributed by atoms with Crippen LogP contribution in [0.25, 0.3) is 0 Å². The maximum Gasteiger partial charge on any atom is 0.255 e. The van der Waals surface area contributed by atoms with E-state index < -0.39 is 15.9 Å². The monoisotopic (exact) mass is 498 g/mol. The van der Waals surface area contributed by atoms with Gasteiger partial charge >= 0.3 is 0 Å². The maximum absolute atomic E-state index is 12.9. The molecule has 0 aliphatic heterocycles. The smallest absolute Gasteiger partial charge is 0.255 e. The number of carbonyl (C=O) groups excluding carboxylic acids is 1. The molecule has 7 nitrogen and oxygen atoms in total. The summed E-state index contributed by atoms with van der Waals surface area (Å²) in [6.07, 6.45) is 0.836. The van der Waals surface area contributed by atoms with Crippen molar-refractivity contribution in [3.63, 3.8) is 0 Å². The van der Waals surface area contributed by atoms with Crippen LogP contribution < -0.4 is 14.8 Å². The first-order chi connectivity index (χ1) is 14.0. The summed E-state index contributed by atoms with van der Waals surface area (Å²) < 4.78 is 37.9. The minimum atomic E-state index is -3.63. The van der Waals surface area contributed by atoms with Crippen LogP contribution in [0.2, 0.25) is 0 Å². The molecule has 9 heteroatoms. The van der Waals surface area contributed by atoms with E-state index in [4.69, 9.17) is 9.47 Å². The number of rotatable bonds is 8. The van der Waals surface area contributed by atoms with Crippen LogP contribution in [-0.4, -0.2) is 46.4 Å². The zero-order valence-corrected chi connectivity index (χ0v) is 20.4. The van der Waals surface area contributed by atoms with Crippen molar-refractivity contribution in [2.75, 3.05) is 33.1 Å². The van der Waals surface area contributed by atoms with Gasteiger partial charge in [-0.05, 0) is 71.6 Å². The fraction of sp³-hybridized carbons (Fsp3) is 0.381. The topological polar surface area (TPSA) is 84.9 Å².